The summed E-state index contributed by atoms with van der Waals surface area (Å²) < 4.78 is 40.2. The highest BCUT2D eigenvalue weighted by Crippen LogP contribution is 2.41. The van der Waals surface area contributed by atoms with E-state index in [9.17, 15) is 23.1 Å². The summed E-state index contributed by atoms with van der Waals surface area (Å²) in [6.07, 6.45) is 13.1. The summed E-state index contributed by atoms with van der Waals surface area (Å²) in [5.41, 5.74) is 2.80. The number of aromatic amines is 1. The van der Waals surface area contributed by atoms with Gasteiger partial charge in [-0.1, -0.05) is 36.8 Å². The number of nitrogens with zero attached hydrogens (tertiary/aromatic N) is 2. The summed E-state index contributed by atoms with van der Waals surface area (Å²) >= 11 is 0. The predicted molar refractivity (Wildman–Crippen MR) is 155 cm³/mol. The molecule has 41 heavy (non-hydrogen) atoms. The molecule has 220 valence electrons. The van der Waals surface area contributed by atoms with Crippen LogP contribution in [0.2, 0.25) is 0 Å². The number of aromatic nitrogens is 1. The van der Waals surface area contributed by atoms with E-state index in [4.69, 9.17) is 0 Å². The minimum atomic E-state index is -4.36. The maximum Gasteiger partial charge on any atom is 0.416 e. The SMILES string of the molecule is O=C(O)C1(CCN2CCC3Cc4[nH]c5ccc(C(F)(F)F)cc5c4CC3C2)CCCCN(CC2=CCC=CC=C2)C1. The Morgan fingerprint density at radius 1 is 1.10 bits per heavy atom. The van der Waals surface area contributed by atoms with Crippen LogP contribution in [0.1, 0.15) is 55.3 Å². The van der Waals surface area contributed by atoms with Gasteiger partial charge in [0.1, 0.15) is 0 Å². The number of piperidine rings is 1. The van der Waals surface area contributed by atoms with E-state index in [0.29, 0.717) is 36.6 Å². The van der Waals surface area contributed by atoms with Crippen molar-refractivity contribution in [3.63, 3.8) is 0 Å². The van der Waals surface area contributed by atoms with Crippen LogP contribution in [0.3, 0.4) is 0 Å². The number of nitrogens with one attached hydrogen (secondary N) is 1. The number of H-pyrrole nitrogens is 1. The molecule has 3 unspecified atom stereocenters. The third kappa shape index (κ3) is 6.05. The molecule has 2 aromatic rings. The average Bonchev–Trinajstić information content (AvgIpc) is 3.10. The number of alkyl halides is 3. The summed E-state index contributed by atoms with van der Waals surface area (Å²) in [6, 6.07) is 4.03. The van der Waals surface area contributed by atoms with E-state index in [1.165, 1.54) is 11.6 Å². The Labute approximate surface area is 239 Å². The van der Waals surface area contributed by atoms with Crippen LogP contribution in [0.4, 0.5) is 13.2 Å². The van der Waals surface area contributed by atoms with Crippen LogP contribution < -0.4 is 0 Å². The van der Waals surface area contributed by atoms with Crippen molar-refractivity contribution in [2.24, 2.45) is 17.3 Å². The maximum atomic E-state index is 13.4. The fraction of sp³-hybridized carbons (Fsp3) is 0.545. The van der Waals surface area contributed by atoms with E-state index >= 15 is 0 Å². The summed E-state index contributed by atoms with van der Waals surface area (Å²) in [6.45, 7) is 4.84. The second-order valence-corrected chi connectivity index (χ2v) is 12.7. The van der Waals surface area contributed by atoms with Crippen LogP contribution >= 0.6 is 0 Å². The van der Waals surface area contributed by atoms with E-state index < -0.39 is 23.1 Å². The molecule has 4 aliphatic rings. The van der Waals surface area contributed by atoms with E-state index in [1.807, 2.05) is 0 Å². The van der Waals surface area contributed by atoms with Gasteiger partial charge in [0.05, 0.1) is 11.0 Å². The zero-order chi connectivity index (χ0) is 28.6. The van der Waals surface area contributed by atoms with E-state index in [0.717, 1.165) is 94.1 Å². The highest BCUT2D eigenvalue weighted by molar-refractivity contribution is 5.86. The highest BCUT2D eigenvalue weighted by atomic mass is 19.4. The number of hydrogen-bond donors (Lipinski definition) is 2. The summed E-state index contributed by atoms with van der Waals surface area (Å²) in [7, 11) is 0. The number of benzene rings is 1. The molecule has 1 aromatic carbocycles. The van der Waals surface area contributed by atoms with Crippen molar-refractivity contribution in [3.8, 4) is 0 Å². The lowest BCUT2D eigenvalue weighted by Crippen LogP contribution is -2.48. The van der Waals surface area contributed by atoms with Gasteiger partial charge in [0.25, 0.3) is 0 Å². The molecule has 2 aliphatic carbocycles. The van der Waals surface area contributed by atoms with Gasteiger partial charge in [0.2, 0.25) is 0 Å². The number of likely N-dealkylation sites (tertiary alicyclic amines) is 2. The van der Waals surface area contributed by atoms with E-state index in [-0.39, 0.29) is 0 Å². The van der Waals surface area contributed by atoms with Gasteiger partial charge in [-0.05, 0) is 106 Å². The number of carbonyl (C=O) groups is 1. The molecular weight excluding hydrogens is 527 g/mol. The Balaban J connectivity index is 1.13. The molecule has 0 amide bonds. The lowest BCUT2D eigenvalue weighted by molar-refractivity contribution is -0.151. The first-order chi connectivity index (χ1) is 19.7. The summed E-state index contributed by atoms with van der Waals surface area (Å²) in [5.74, 6) is 0.192. The van der Waals surface area contributed by atoms with Crippen LogP contribution in [-0.2, 0) is 23.8 Å². The zero-order valence-electron chi connectivity index (χ0n) is 23.6. The summed E-state index contributed by atoms with van der Waals surface area (Å²) in [4.78, 5) is 20.9. The Morgan fingerprint density at radius 2 is 1.98 bits per heavy atom. The van der Waals surface area contributed by atoms with Gasteiger partial charge in [-0.2, -0.15) is 13.2 Å². The largest absolute Gasteiger partial charge is 0.481 e. The fourth-order valence-corrected chi connectivity index (χ4v) is 7.65. The second kappa shape index (κ2) is 11.4. The van der Waals surface area contributed by atoms with Crippen LogP contribution in [-0.4, -0.2) is 65.1 Å². The van der Waals surface area contributed by atoms with Crippen molar-refractivity contribution < 1.29 is 23.1 Å². The molecule has 5 nitrogen and oxygen atoms in total. The number of carboxylic acids is 1. The minimum Gasteiger partial charge on any atom is -0.481 e. The first kappa shape index (κ1) is 28.3. The smallest absolute Gasteiger partial charge is 0.416 e. The van der Waals surface area contributed by atoms with Crippen LogP contribution in [0.5, 0.6) is 0 Å². The molecule has 0 spiro atoms. The first-order valence-corrected chi connectivity index (χ1v) is 15.1. The van der Waals surface area contributed by atoms with Crippen molar-refractivity contribution in [1.29, 1.82) is 0 Å². The van der Waals surface area contributed by atoms with Crippen molar-refractivity contribution in [1.82, 2.24) is 14.8 Å². The lowest BCUT2D eigenvalue weighted by Gasteiger charge is -2.42. The molecule has 6 rings (SSSR count). The Morgan fingerprint density at radius 3 is 2.80 bits per heavy atom. The molecule has 0 saturated carbocycles. The second-order valence-electron chi connectivity index (χ2n) is 12.7. The molecule has 2 fully saturated rings. The van der Waals surface area contributed by atoms with Crippen LogP contribution in [0.15, 0.2) is 54.2 Å². The normalized spacial score (nSPS) is 27.6. The highest BCUT2D eigenvalue weighted by Gasteiger charge is 2.42. The Hall–Kier alpha value is -2.84. The van der Waals surface area contributed by atoms with E-state index in [1.54, 1.807) is 6.07 Å². The van der Waals surface area contributed by atoms with Gasteiger partial charge < -0.3 is 15.0 Å². The van der Waals surface area contributed by atoms with Gasteiger partial charge in [0, 0.05) is 36.2 Å². The minimum absolute atomic E-state index is 0.374. The van der Waals surface area contributed by atoms with Gasteiger partial charge >= 0.3 is 12.1 Å². The zero-order valence-corrected chi connectivity index (χ0v) is 23.6. The monoisotopic (exact) mass is 567 g/mol. The fourth-order valence-electron chi connectivity index (χ4n) is 7.65. The third-order valence-corrected chi connectivity index (χ3v) is 9.98. The number of hydrogen-bond acceptors (Lipinski definition) is 3. The number of fused-ring (bicyclic) bond motifs is 4. The molecular formula is C33H40F3N3O2. The maximum absolute atomic E-state index is 13.4. The van der Waals surface area contributed by atoms with Gasteiger partial charge in [-0.15, -0.1) is 0 Å². The third-order valence-electron chi connectivity index (χ3n) is 9.98. The van der Waals surface area contributed by atoms with Gasteiger partial charge in [0.15, 0.2) is 0 Å². The lowest BCUT2D eigenvalue weighted by atomic mass is 9.73. The quantitative estimate of drug-likeness (QED) is 0.412. The Kier molecular flexibility index (Phi) is 7.90. The standard InChI is InChI=1S/C33H40F3N3O2/c34-33(35,36)26-9-10-29-28(19-26)27-17-25-21-38(15-11-24(25)18-30(27)37-29)16-13-32(31(40)41)12-5-6-14-39(22-32)20-23-7-3-1-2-4-8-23/h1-3,7-10,19,24-25,37H,4-6,11-18,20-22H2,(H,40,41). The van der Waals surface area contributed by atoms with Crippen molar-refractivity contribution >= 4 is 16.9 Å². The number of aliphatic carboxylic acids is 1. The molecule has 3 heterocycles. The number of carboxylic acid groups (broad SMARTS) is 1. The molecule has 1 aromatic heterocycles. The van der Waals surface area contributed by atoms with Crippen molar-refractivity contribution in [3.05, 3.63) is 71.0 Å². The van der Waals surface area contributed by atoms with Crippen molar-refractivity contribution in [2.75, 3.05) is 39.3 Å². The molecule has 8 heteroatoms. The number of allylic oxidation sites excluding steroid dienone is 4. The number of halogens is 3. The molecule has 0 bridgehead atoms. The Bertz CT molecular complexity index is 1370. The van der Waals surface area contributed by atoms with E-state index in [2.05, 4.69) is 45.2 Å². The number of rotatable bonds is 6. The van der Waals surface area contributed by atoms with Crippen LogP contribution in [0, 0.1) is 17.3 Å². The first-order valence-electron chi connectivity index (χ1n) is 15.1. The molecule has 0 radical (unpaired) electrons. The molecule has 2 N–H and O–H groups in total. The predicted octanol–water partition coefficient (Wildman–Crippen LogP) is 6.61. The van der Waals surface area contributed by atoms with Gasteiger partial charge in [-0.3, -0.25) is 9.69 Å². The molecule has 2 saturated heterocycles. The van der Waals surface area contributed by atoms with Gasteiger partial charge in [-0.25, -0.2) is 0 Å². The topological polar surface area (TPSA) is 59.6 Å². The van der Waals surface area contributed by atoms with Crippen molar-refractivity contribution in [2.45, 2.75) is 57.5 Å². The average molecular weight is 568 g/mol. The molecule has 2 aliphatic heterocycles. The molecule has 3 atom stereocenters. The summed E-state index contributed by atoms with van der Waals surface area (Å²) in [5, 5.41) is 11.2. The van der Waals surface area contributed by atoms with Crippen LogP contribution in [0.25, 0.3) is 10.9 Å².